The first-order chi connectivity index (χ1) is 18.0. The molecule has 1 saturated heterocycles. The summed E-state index contributed by atoms with van der Waals surface area (Å²) in [5.74, 6) is 0.685. The molecule has 0 bridgehead atoms. The summed E-state index contributed by atoms with van der Waals surface area (Å²) < 4.78 is 5.44. The van der Waals surface area contributed by atoms with E-state index >= 15 is 0 Å². The van der Waals surface area contributed by atoms with Crippen LogP contribution in [0.5, 0.6) is 0 Å². The molecule has 0 aliphatic carbocycles. The van der Waals surface area contributed by atoms with Gasteiger partial charge in [0, 0.05) is 42.0 Å². The third-order valence-electron chi connectivity index (χ3n) is 6.64. The van der Waals surface area contributed by atoms with Gasteiger partial charge in [0.1, 0.15) is 0 Å². The summed E-state index contributed by atoms with van der Waals surface area (Å²) in [6, 6.07) is 21.7. The molecule has 37 heavy (non-hydrogen) atoms. The first-order valence-electron chi connectivity index (χ1n) is 12.8. The van der Waals surface area contributed by atoms with E-state index in [1.54, 1.807) is 0 Å². The average molecular weight is 496 g/mol. The van der Waals surface area contributed by atoms with E-state index in [0.717, 1.165) is 66.4 Å². The fraction of sp³-hybridized carbons (Fsp3) is 0.300. The summed E-state index contributed by atoms with van der Waals surface area (Å²) in [6.45, 7) is 10.5. The summed E-state index contributed by atoms with van der Waals surface area (Å²) in [5, 5.41) is 7.45. The Morgan fingerprint density at radius 3 is 2.51 bits per heavy atom. The van der Waals surface area contributed by atoms with E-state index in [0.29, 0.717) is 11.5 Å². The lowest BCUT2D eigenvalue weighted by atomic mass is 10.0. The summed E-state index contributed by atoms with van der Waals surface area (Å²) in [7, 11) is 0. The van der Waals surface area contributed by atoms with Gasteiger partial charge in [-0.2, -0.15) is 0 Å². The minimum atomic E-state index is -0.137. The van der Waals surface area contributed by atoms with Crippen LogP contribution in [-0.4, -0.2) is 47.1 Å². The van der Waals surface area contributed by atoms with Gasteiger partial charge >= 0.3 is 0 Å². The number of benzene rings is 3. The molecule has 3 aromatic carbocycles. The number of amides is 1. The highest BCUT2D eigenvalue weighted by Gasteiger charge is 2.14. The minimum absolute atomic E-state index is 0.137. The molecule has 1 aliphatic heterocycles. The molecule has 2 heterocycles. The molecule has 0 radical (unpaired) electrons. The second-order valence-corrected chi connectivity index (χ2v) is 9.80. The molecule has 7 nitrogen and oxygen atoms in total. The maximum absolute atomic E-state index is 13.0. The van der Waals surface area contributed by atoms with E-state index in [2.05, 4.69) is 58.6 Å². The largest absolute Gasteiger partial charge is 0.379 e. The Bertz CT molecular complexity index is 1400. The number of hydrogen-bond donors (Lipinski definition) is 2. The van der Waals surface area contributed by atoms with E-state index in [1.807, 2.05) is 49.4 Å². The van der Waals surface area contributed by atoms with Crippen molar-refractivity contribution in [1.82, 2.24) is 14.9 Å². The number of carbonyl (C=O) groups is 1. The Morgan fingerprint density at radius 2 is 1.76 bits per heavy atom. The number of fused-ring (bicyclic) bond motifs is 1. The van der Waals surface area contributed by atoms with Crippen molar-refractivity contribution in [3.8, 4) is 0 Å². The molecular formula is C30H33N5O2. The van der Waals surface area contributed by atoms with Crippen LogP contribution in [0, 0.1) is 6.92 Å². The van der Waals surface area contributed by atoms with Gasteiger partial charge in [-0.3, -0.25) is 9.69 Å². The summed E-state index contributed by atoms with van der Waals surface area (Å²) in [5.41, 5.74) is 6.38. The molecule has 0 spiro atoms. The Balaban J connectivity index is 1.28. The molecule has 1 fully saturated rings. The summed E-state index contributed by atoms with van der Waals surface area (Å²) >= 11 is 0. The van der Waals surface area contributed by atoms with Crippen LogP contribution in [0.15, 0.2) is 66.7 Å². The monoisotopic (exact) mass is 495 g/mol. The van der Waals surface area contributed by atoms with Crippen molar-refractivity contribution >= 4 is 34.1 Å². The second kappa shape index (κ2) is 11.1. The molecule has 0 saturated carbocycles. The van der Waals surface area contributed by atoms with E-state index in [9.17, 15) is 4.79 Å². The normalized spacial score (nSPS) is 14.2. The molecule has 5 rings (SSSR count). The number of para-hydroxylation sites is 1. The number of morpholine rings is 1. The van der Waals surface area contributed by atoms with Crippen LogP contribution in [0.3, 0.4) is 0 Å². The zero-order chi connectivity index (χ0) is 25.8. The number of nitrogens with one attached hydrogen (secondary N) is 2. The number of aryl methyl sites for hydroxylation is 1. The van der Waals surface area contributed by atoms with Crippen LogP contribution in [0.2, 0.25) is 0 Å². The van der Waals surface area contributed by atoms with Crippen LogP contribution in [0.25, 0.3) is 10.9 Å². The molecule has 190 valence electrons. The highest BCUT2D eigenvalue weighted by atomic mass is 16.5. The molecule has 1 aromatic heterocycles. The van der Waals surface area contributed by atoms with Crippen LogP contribution in [-0.2, 0) is 11.3 Å². The standard InChI is InChI=1S/C30H33N5O2/c1-20(2)28-25-6-4-5-7-26(25)33-30(34-28)31-24-12-10-23(11-13-24)29(36)32-27-18-22(9-8-21(27)3)19-35-14-16-37-17-15-35/h4-13,18,20H,14-17,19H2,1-3H3,(H,32,36)(H,31,33,34). The van der Waals surface area contributed by atoms with Crippen molar-refractivity contribution in [1.29, 1.82) is 0 Å². The number of carbonyl (C=O) groups excluding carboxylic acids is 1. The van der Waals surface area contributed by atoms with Gasteiger partial charge in [0.25, 0.3) is 5.91 Å². The van der Waals surface area contributed by atoms with Gasteiger partial charge in [-0.05, 0) is 60.4 Å². The lowest BCUT2D eigenvalue weighted by Gasteiger charge is -2.26. The molecule has 0 atom stereocenters. The van der Waals surface area contributed by atoms with Crippen molar-refractivity contribution in [2.24, 2.45) is 0 Å². The van der Waals surface area contributed by atoms with Crippen molar-refractivity contribution in [3.63, 3.8) is 0 Å². The van der Waals surface area contributed by atoms with Gasteiger partial charge in [0.15, 0.2) is 0 Å². The number of rotatable bonds is 7. The third-order valence-corrected chi connectivity index (χ3v) is 6.64. The quantitative estimate of drug-likeness (QED) is 0.333. The van der Waals surface area contributed by atoms with Crippen molar-refractivity contribution in [3.05, 3.63) is 89.1 Å². The first-order valence-corrected chi connectivity index (χ1v) is 12.8. The van der Waals surface area contributed by atoms with E-state index < -0.39 is 0 Å². The topological polar surface area (TPSA) is 79.4 Å². The number of hydrogen-bond acceptors (Lipinski definition) is 6. The molecular weight excluding hydrogens is 462 g/mol. The van der Waals surface area contributed by atoms with Gasteiger partial charge in [-0.1, -0.05) is 44.2 Å². The highest BCUT2D eigenvalue weighted by Crippen LogP contribution is 2.26. The fourth-order valence-electron chi connectivity index (χ4n) is 4.55. The van der Waals surface area contributed by atoms with Gasteiger partial charge in [0.05, 0.1) is 24.4 Å². The predicted molar refractivity (Wildman–Crippen MR) is 149 cm³/mol. The van der Waals surface area contributed by atoms with Crippen molar-refractivity contribution in [2.75, 3.05) is 36.9 Å². The Labute approximate surface area is 217 Å². The van der Waals surface area contributed by atoms with E-state index in [4.69, 9.17) is 9.72 Å². The van der Waals surface area contributed by atoms with Crippen LogP contribution in [0.1, 0.15) is 46.9 Å². The van der Waals surface area contributed by atoms with Crippen LogP contribution < -0.4 is 10.6 Å². The van der Waals surface area contributed by atoms with Gasteiger partial charge in [-0.25, -0.2) is 9.97 Å². The van der Waals surface area contributed by atoms with E-state index in [-0.39, 0.29) is 11.8 Å². The Hall–Kier alpha value is -3.81. The molecule has 0 unspecified atom stereocenters. The van der Waals surface area contributed by atoms with Crippen molar-refractivity contribution in [2.45, 2.75) is 33.2 Å². The zero-order valence-electron chi connectivity index (χ0n) is 21.6. The van der Waals surface area contributed by atoms with Crippen LogP contribution in [0.4, 0.5) is 17.3 Å². The first kappa shape index (κ1) is 24.9. The zero-order valence-corrected chi connectivity index (χ0v) is 21.6. The minimum Gasteiger partial charge on any atom is -0.379 e. The number of nitrogens with zero attached hydrogens (tertiary/aromatic N) is 3. The smallest absolute Gasteiger partial charge is 0.255 e. The Kier molecular flexibility index (Phi) is 7.44. The molecule has 1 aliphatic rings. The SMILES string of the molecule is Cc1ccc(CN2CCOCC2)cc1NC(=O)c1ccc(Nc2nc(C(C)C)c3ccccc3n2)cc1. The highest BCUT2D eigenvalue weighted by molar-refractivity contribution is 6.04. The number of ether oxygens (including phenoxy) is 1. The molecule has 1 amide bonds. The Morgan fingerprint density at radius 1 is 1.00 bits per heavy atom. The molecule has 7 heteroatoms. The lowest BCUT2D eigenvalue weighted by Crippen LogP contribution is -2.35. The maximum Gasteiger partial charge on any atom is 0.255 e. The second-order valence-electron chi connectivity index (χ2n) is 9.80. The van der Waals surface area contributed by atoms with Crippen molar-refractivity contribution < 1.29 is 9.53 Å². The lowest BCUT2D eigenvalue weighted by molar-refractivity contribution is 0.0342. The summed E-state index contributed by atoms with van der Waals surface area (Å²) in [4.78, 5) is 24.8. The number of aromatic nitrogens is 2. The van der Waals surface area contributed by atoms with E-state index in [1.165, 1.54) is 5.56 Å². The predicted octanol–water partition coefficient (Wildman–Crippen LogP) is 5.89. The average Bonchev–Trinajstić information content (AvgIpc) is 2.91. The third kappa shape index (κ3) is 5.96. The summed E-state index contributed by atoms with van der Waals surface area (Å²) in [6.07, 6.45) is 0. The van der Waals surface area contributed by atoms with Crippen LogP contribution >= 0.6 is 0 Å². The maximum atomic E-state index is 13.0. The van der Waals surface area contributed by atoms with Gasteiger partial charge in [0.2, 0.25) is 5.95 Å². The molecule has 4 aromatic rings. The van der Waals surface area contributed by atoms with Gasteiger partial charge in [-0.15, -0.1) is 0 Å². The van der Waals surface area contributed by atoms with Gasteiger partial charge < -0.3 is 15.4 Å². The number of anilines is 3. The molecule has 2 N–H and O–H groups in total. The fourth-order valence-corrected chi connectivity index (χ4v) is 4.55.